The van der Waals surface area contributed by atoms with Crippen LogP contribution in [0, 0.1) is 0 Å². The van der Waals surface area contributed by atoms with Crippen LogP contribution in [0.15, 0.2) is 36.5 Å². The van der Waals surface area contributed by atoms with E-state index in [0.29, 0.717) is 18.2 Å². The molecule has 4 nitrogen and oxygen atoms in total. The molecule has 0 amide bonds. The second-order valence-corrected chi connectivity index (χ2v) is 3.51. The highest BCUT2D eigenvalue weighted by atomic mass is 35.5. The third-order valence-corrected chi connectivity index (χ3v) is 2.12. The van der Waals surface area contributed by atoms with E-state index in [1.807, 2.05) is 25.1 Å². The number of aromatic nitrogens is 2. The van der Waals surface area contributed by atoms with Gasteiger partial charge in [0.1, 0.15) is 11.5 Å². The topological polar surface area (TPSA) is 44.2 Å². The van der Waals surface area contributed by atoms with Gasteiger partial charge in [0.05, 0.1) is 6.61 Å². The Morgan fingerprint density at radius 1 is 1.24 bits per heavy atom. The molecular formula is C12H11ClN2O2. The first-order valence-electron chi connectivity index (χ1n) is 5.17. The van der Waals surface area contributed by atoms with Crippen LogP contribution >= 0.6 is 11.6 Å². The fraction of sp³-hybridized carbons (Fsp3) is 0.167. The molecule has 0 aliphatic rings. The van der Waals surface area contributed by atoms with Gasteiger partial charge in [0.2, 0.25) is 11.2 Å². The quantitative estimate of drug-likeness (QED) is 0.781. The number of halogens is 1. The Hall–Kier alpha value is -1.81. The predicted octanol–water partition coefficient (Wildman–Crippen LogP) is 3.32. The van der Waals surface area contributed by atoms with Gasteiger partial charge in [-0.3, -0.25) is 0 Å². The normalized spacial score (nSPS) is 10.0. The summed E-state index contributed by atoms with van der Waals surface area (Å²) < 4.78 is 10.9. The minimum Gasteiger partial charge on any atom is -0.494 e. The summed E-state index contributed by atoms with van der Waals surface area (Å²) in [5.41, 5.74) is 0. The van der Waals surface area contributed by atoms with Crippen molar-refractivity contribution in [3.63, 3.8) is 0 Å². The highest BCUT2D eigenvalue weighted by Crippen LogP contribution is 2.24. The standard InChI is InChI=1S/C12H11ClN2O2/c1-2-16-9-4-3-5-10(8-9)17-11-6-7-14-12(13)15-11/h3-8H,2H2,1H3. The van der Waals surface area contributed by atoms with Crippen molar-refractivity contribution in [1.82, 2.24) is 9.97 Å². The summed E-state index contributed by atoms with van der Waals surface area (Å²) in [5, 5.41) is 0.156. The van der Waals surface area contributed by atoms with Gasteiger partial charge in [-0.05, 0) is 30.7 Å². The highest BCUT2D eigenvalue weighted by molar-refractivity contribution is 6.28. The second kappa shape index (κ2) is 5.50. The zero-order chi connectivity index (χ0) is 12.1. The molecule has 17 heavy (non-hydrogen) atoms. The van der Waals surface area contributed by atoms with Crippen molar-refractivity contribution in [2.75, 3.05) is 6.61 Å². The molecule has 0 spiro atoms. The Labute approximate surface area is 104 Å². The van der Waals surface area contributed by atoms with Gasteiger partial charge in [-0.25, -0.2) is 4.98 Å². The lowest BCUT2D eigenvalue weighted by atomic mass is 10.3. The summed E-state index contributed by atoms with van der Waals surface area (Å²) in [6.45, 7) is 2.54. The lowest BCUT2D eigenvalue weighted by Gasteiger charge is -2.07. The third-order valence-electron chi connectivity index (χ3n) is 1.94. The number of ether oxygens (including phenoxy) is 2. The van der Waals surface area contributed by atoms with Crippen LogP contribution in [-0.4, -0.2) is 16.6 Å². The molecule has 0 saturated heterocycles. The zero-order valence-electron chi connectivity index (χ0n) is 9.26. The minimum absolute atomic E-state index is 0.156. The summed E-state index contributed by atoms with van der Waals surface area (Å²) >= 11 is 5.67. The monoisotopic (exact) mass is 250 g/mol. The Kier molecular flexibility index (Phi) is 3.77. The zero-order valence-corrected chi connectivity index (χ0v) is 10.0. The molecule has 88 valence electrons. The molecule has 0 radical (unpaired) electrons. The van der Waals surface area contributed by atoms with E-state index in [9.17, 15) is 0 Å². The van der Waals surface area contributed by atoms with Crippen molar-refractivity contribution in [3.05, 3.63) is 41.8 Å². The highest BCUT2D eigenvalue weighted by Gasteiger charge is 2.01. The van der Waals surface area contributed by atoms with Gasteiger partial charge in [0, 0.05) is 18.3 Å². The summed E-state index contributed by atoms with van der Waals surface area (Å²) in [4.78, 5) is 7.71. The van der Waals surface area contributed by atoms with Crippen molar-refractivity contribution >= 4 is 11.6 Å². The number of hydrogen-bond donors (Lipinski definition) is 0. The summed E-state index contributed by atoms with van der Waals surface area (Å²) in [7, 11) is 0. The number of benzene rings is 1. The summed E-state index contributed by atoms with van der Waals surface area (Å²) in [6.07, 6.45) is 1.54. The molecule has 2 rings (SSSR count). The average molecular weight is 251 g/mol. The fourth-order valence-corrected chi connectivity index (χ4v) is 1.43. The van der Waals surface area contributed by atoms with Crippen LogP contribution in [0.5, 0.6) is 17.4 Å². The fourth-order valence-electron chi connectivity index (χ4n) is 1.29. The Morgan fingerprint density at radius 3 is 2.82 bits per heavy atom. The van der Waals surface area contributed by atoms with E-state index < -0.39 is 0 Å². The van der Waals surface area contributed by atoms with Crippen molar-refractivity contribution < 1.29 is 9.47 Å². The largest absolute Gasteiger partial charge is 0.494 e. The molecule has 0 aliphatic carbocycles. The van der Waals surface area contributed by atoms with Gasteiger partial charge in [0.25, 0.3) is 0 Å². The maximum atomic E-state index is 5.67. The van der Waals surface area contributed by atoms with Crippen molar-refractivity contribution in [2.45, 2.75) is 6.92 Å². The molecule has 1 heterocycles. The maximum Gasteiger partial charge on any atom is 0.225 e. The Balaban J connectivity index is 2.15. The van der Waals surface area contributed by atoms with Crippen molar-refractivity contribution in [1.29, 1.82) is 0 Å². The van der Waals surface area contributed by atoms with Crippen LogP contribution in [0.4, 0.5) is 0 Å². The van der Waals surface area contributed by atoms with E-state index in [4.69, 9.17) is 21.1 Å². The molecule has 0 fully saturated rings. The molecule has 0 aliphatic heterocycles. The van der Waals surface area contributed by atoms with E-state index >= 15 is 0 Å². The lowest BCUT2D eigenvalue weighted by molar-refractivity contribution is 0.338. The van der Waals surface area contributed by atoms with Crippen LogP contribution in [0.2, 0.25) is 5.28 Å². The Bertz CT molecular complexity index is 505. The van der Waals surface area contributed by atoms with Gasteiger partial charge < -0.3 is 9.47 Å². The first-order chi connectivity index (χ1) is 8.28. The number of nitrogens with zero attached hydrogens (tertiary/aromatic N) is 2. The van der Waals surface area contributed by atoms with E-state index in [-0.39, 0.29) is 5.28 Å². The molecule has 1 aromatic heterocycles. The molecule has 0 bridgehead atoms. The molecule has 0 saturated carbocycles. The van der Waals surface area contributed by atoms with Crippen LogP contribution in [0.1, 0.15) is 6.92 Å². The van der Waals surface area contributed by atoms with Crippen LogP contribution in [-0.2, 0) is 0 Å². The van der Waals surface area contributed by atoms with Gasteiger partial charge in [0.15, 0.2) is 0 Å². The van der Waals surface area contributed by atoms with Crippen LogP contribution in [0.3, 0.4) is 0 Å². The average Bonchev–Trinajstić information content (AvgIpc) is 2.30. The summed E-state index contributed by atoms with van der Waals surface area (Å²) in [6, 6.07) is 8.96. The predicted molar refractivity (Wildman–Crippen MR) is 64.7 cm³/mol. The van der Waals surface area contributed by atoms with Crippen LogP contribution < -0.4 is 9.47 Å². The van der Waals surface area contributed by atoms with Gasteiger partial charge in [-0.15, -0.1) is 0 Å². The van der Waals surface area contributed by atoms with Gasteiger partial charge >= 0.3 is 0 Å². The molecule has 0 unspecified atom stereocenters. The molecule has 0 atom stereocenters. The van der Waals surface area contributed by atoms with Gasteiger partial charge in [-0.2, -0.15) is 4.98 Å². The van der Waals surface area contributed by atoms with E-state index in [1.54, 1.807) is 12.1 Å². The molecule has 2 aromatic rings. The number of hydrogen-bond acceptors (Lipinski definition) is 4. The van der Waals surface area contributed by atoms with E-state index in [0.717, 1.165) is 5.75 Å². The third kappa shape index (κ3) is 3.32. The Morgan fingerprint density at radius 2 is 2.06 bits per heavy atom. The smallest absolute Gasteiger partial charge is 0.225 e. The maximum absolute atomic E-state index is 5.67. The lowest BCUT2D eigenvalue weighted by Crippen LogP contribution is -1.93. The first kappa shape index (κ1) is 11.7. The van der Waals surface area contributed by atoms with Crippen molar-refractivity contribution in [3.8, 4) is 17.4 Å². The molecule has 5 heteroatoms. The number of rotatable bonds is 4. The summed E-state index contributed by atoms with van der Waals surface area (Å²) in [5.74, 6) is 1.80. The van der Waals surface area contributed by atoms with E-state index in [1.165, 1.54) is 6.20 Å². The first-order valence-corrected chi connectivity index (χ1v) is 5.55. The van der Waals surface area contributed by atoms with E-state index in [2.05, 4.69) is 9.97 Å². The van der Waals surface area contributed by atoms with Crippen LogP contribution in [0.25, 0.3) is 0 Å². The molecule has 0 N–H and O–H groups in total. The molecule has 1 aromatic carbocycles. The van der Waals surface area contributed by atoms with Crippen molar-refractivity contribution in [2.24, 2.45) is 0 Å². The van der Waals surface area contributed by atoms with Gasteiger partial charge in [-0.1, -0.05) is 6.07 Å². The molecular weight excluding hydrogens is 240 g/mol. The SMILES string of the molecule is CCOc1cccc(Oc2ccnc(Cl)n2)c1. The minimum atomic E-state index is 0.156. The second-order valence-electron chi connectivity index (χ2n) is 3.17.